The van der Waals surface area contributed by atoms with E-state index in [0.29, 0.717) is 11.9 Å². The van der Waals surface area contributed by atoms with Crippen molar-refractivity contribution in [1.82, 2.24) is 14.5 Å². The minimum Gasteiger partial charge on any atom is -0.432 e. The highest BCUT2D eigenvalue weighted by Gasteiger charge is 2.20. The van der Waals surface area contributed by atoms with E-state index in [2.05, 4.69) is 19.4 Å². The fourth-order valence-electron chi connectivity index (χ4n) is 1.84. The van der Waals surface area contributed by atoms with Crippen molar-refractivity contribution >= 4 is 17.6 Å². The Morgan fingerprint density at radius 1 is 1.44 bits per heavy atom. The van der Waals surface area contributed by atoms with E-state index in [1.807, 2.05) is 12.4 Å². The van der Waals surface area contributed by atoms with Crippen molar-refractivity contribution in [3.8, 4) is 0 Å². The lowest BCUT2D eigenvalue weighted by molar-refractivity contribution is 0.484. The second-order valence-corrected chi connectivity index (χ2v) is 3.98. The van der Waals surface area contributed by atoms with Gasteiger partial charge < -0.3 is 13.9 Å². The van der Waals surface area contributed by atoms with Gasteiger partial charge in [-0.2, -0.15) is 4.98 Å². The van der Waals surface area contributed by atoms with Crippen molar-refractivity contribution in [1.29, 1.82) is 0 Å². The van der Waals surface area contributed by atoms with Crippen LogP contribution in [-0.2, 0) is 19.0 Å². The standard InChI is InChI=1S/C10H11ClN4O/c11-5-8-7-16-10(13-8)15-4-3-14-2-1-12-9(14)6-15/h1-2,7H,3-6H2. The van der Waals surface area contributed by atoms with E-state index in [1.54, 1.807) is 6.26 Å². The summed E-state index contributed by atoms with van der Waals surface area (Å²) in [5, 5.41) is 0. The predicted octanol–water partition coefficient (Wildman–Crippen LogP) is 1.63. The van der Waals surface area contributed by atoms with E-state index >= 15 is 0 Å². The lowest BCUT2D eigenvalue weighted by Crippen LogP contribution is -2.33. The highest BCUT2D eigenvalue weighted by Crippen LogP contribution is 2.19. The average molecular weight is 239 g/mol. The molecule has 2 aromatic heterocycles. The maximum Gasteiger partial charge on any atom is 0.297 e. The number of rotatable bonds is 2. The van der Waals surface area contributed by atoms with Crippen LogP contribution in [0.15, 0.2) is 23.1 Å². The molecule has 2 aromatic rings. The topological polar surface area (TPSA) is 47.1 Å². The van der Waals surface area contributed by atoms with Gasteiger partial charge in [0.1, 0.15) is 12.1 Å². The molecule has 0 fully saturated rings. The third-order valence-corrected chi connectivity index (χ3v) is 2.97. The maximum atomic E-state index is 5.69. The van der Waals surface area contributed by atoms with Gasteiger partial charge in [-0.15, -0.1) is 11.6 Å². The summed E-state index contributed by atoms with van der Waals surface area (Å²) in [4.78, 5) is 10.7. The molecule has 0 spiro atoms. The summed E-state index contributed by atoms with van der Waals surface area (Å²) in [5.74, 6) is 1.42. The van der Waals surface area contributed by atoms with E-state index in [0.717, 1.165) is 31.2 Å². The molecule has 5 nitrogen and oxygen atoms in total. The predicted molar refractivity (Wildman–Crippen MR) is 59.3 cm³/mol. The van der Waals surface area contributed by atoms with Gasteiger partial charge in [-0.1, -0.05) is 0 Å². The van der Waals surface area contributed by atoms with Crippen LogP contribution in [-0.4, -0.2) is 21.1 Å². The lowest BCUT2D eigenvalue weighted by Gasteiger charge is -2.25. The molecule has 0 bridgehead atoms. The van der Waals surface area contributed by atoms with E-state index in [4.69, 9.17) is 16.0 Å². The smallest absolute Gasteiger partial charge is 0.297 e. The summed E-state index contributed by atoms with van der Waals surface area (Å²) in [7, 11) is 0. The van der Waals surface area contributed by atoms with Crippen LogP contribution in [0.2, 0.25) is 0 Å². The fraction of sp³-hybridized carbons (Fsp3) is 0.400. The van der Waals surface area contributed by atoms with Gasteiger partial charge in [0.2, 0.25) is 0 Å². The molecule has 6 heteroatoms. The van der Waals surface area contributed by atoms with Crippen LogP contribution in [0.1, 0.15) is 11.5 Å². The van der Waals surface area contributed by atoms with Crippen molar-refractivity contribution in [3.05, 3.63) is 30.2 Å². The van der Waals surface area contributed by atoms with Crippen LogP contribution in [0.5, 0.6) is 0 Å². The van der Waals surface area contributed by atoms with Gasteiger partial charge in [-0.05, 0) is 0 Å². The normalized spacial score (nSPS) is 15.2. The highest BCUT2D eigenvalue weighted by molar-refractivity contribution is 6.16. The number of nitrogens with zero attached hydrogens (tertiary/aromatic N) is 4. The number of oxazole rings is 1. The van der Waals surface area contributed by atoms with Gasteiger partial charge >= 0.3 is 0 Å². The molecule has 0 atom stereocenters. The van der Waals surface area contributed by atoms with Crippen molar-refractivity contribution < 1.29 is 4.42 Å². The van der Waals surface area contributed by atoms with Gasteiger partial charge in [0.15, 0.2) is 0 Å². The third kappa shape index (κ3) is 1.57. The van der Waals surface area contributed by atoms with E-state index in [-0.39, 0.29) is 0 Å². The second kappa shape index (κ2) is 3.83. The number of fused-ring (bicyclic) bond motifs is 1. The zero-order chi connectivity index (χ0) is 11.0. The summed E-state index contributed by atoms with van der Waals surface area (Å²) in [6.45, 7) is 2.52. The van der Waals surface area contributed by atoms with Crippen LogP contribution >= 0.6 is 11.6 Å². The Morgan fingerprint density at radius 2 is 2.38 bits per heavy atom. The number of hydrogen-bond acceptors (Lipinski definition) is 4. The molecule has 3 rings (SSSR count). The van der Waals surface area contributed by atoms with Crippen LogP contribution in [0, 0.1) is 0 Å². The highest BCUT2D eigenvalue weighted by atomic mass is 35.5. The first-order chi connectivity index (χ1) is 7.86. The Hall–Kier alpha value is -1.49. The summed E-state index contributed by atoms with van der Waals surface area (Å²) in [5.41, 5.74) is 0.769. The summed E-state index contributed by atoms with van der Waals surface area (Å²) >= 11 is 5.69. The van der Waals surface area contributed by atoms with Gasteiger partial charge in [0.05, 0.1) is 18.1 Å². The molecule has 0 aromatic carbocycles. The number of anilines is 1. The van der Waals surface area contributed by atoms with Gasteiger partial charge in [-0.3, -0.25) is 0 Å². The van der Waals surface area contributed by atoms with Gasteiger partial charge in [-0.25, -0.2) is 4.98 Å². The zero-order valence-electron chi connectivity index (χ0n) is 8.64. The number of aromatic nitrogens is 3. The first-order valence-electron chi connectivity index (χ1n) is 5.12. The van der Waals surface area contributed by atoms with E-state index in [9.17, 15) is 0 Å². The minimum absolute atomic E-state index is 0.381. The summed E-state index contributed by atoms with van der Waals surface area (Å²) < 4.78 is 7.52. The van der Waals surface area contributed by atoms with Crippen LogP contribution < -0.4 is 4.90 Å². The van der Waals surface area contributed by atoms with Crippen LogP contribution in [0.25, 0.3) is 0 Å². The third-order valence-electron chi connectivity index (χ3n) is 2.69. The molecule has 1 aliphatic heterocycles. The molecule has 3 heterocycles. The SMILES string of the molecule is ClCc1coc(N2CCn3ccnc3C2)n1. The molecular formula is C10H11ClN4O. The monoisotopic (exact) mass is 238 g/mol. The number of halogens is 1. The number of hydrogen-bond donors (Lipinski definition) is 0. The molecular weight excluding hydrogens is 228 g/mol. The molecule has 0 saturated carbocycles. The molecule has 0 N–H and O–H groups in total. The van der Waals surface area contributed by atoms with Crippen molar-refractivity contribution in [2.24, 2.45) is 0 Å². The Balaban J connectivity index is 1.83. The van der Waals surface area contributed by atoms with E-state index < -0.39 is 0 Å². The second-order valence-electron chi connectivity index (χ2n) is 3.71. The molecule has 0 aliphatic carbocycles. The molecule has 0 radical (unpaired) electrons. The molecule has 0 amide bonds. The Kier molecular flexibility index (Phi) is 2.32. The summed E-state index contributed by atoms with van der Waals surface area (Å²) in [6.07, 6.45) is 5.41. The summed E-state index contributed by atoms with van der Waals surface area (Å²) in [6, 6.07) is 0.630. The minimum atomic E-state index is 0.381. The molecule has 0 saturated heterocycles. The molecule has 1 aliphatic rings. The van der Waals surface area contributed by atoms with E-state index in [1.165, 1.54) is 0 Å². The van der Waals surface area contributed by atoms with Gasteiger partial charge in [0, 0.05) is 25.5 Å². The van der Waals surface area contributed by atoms with Gasteiger partial charge in [0.25, 0.3) is 6.01 Å². The van der Waals surface area contributed by atoms with Crippen molar-refractivity contribution in [2.75, 3.05) is 11.4 Å². The maximum absolute atomic E-state index is 5.69. The lowest BCUT2D eigenvalue weighted by atomic mass is 10.4. The fourth-order valence-corrected chi connectivity index (χ4v) is 1.96. The first kappa shape index (κ1) is 9.72. The average Bonchev–Trinajstić information content (AvgIpc) is 2.96. The Bertz CT molecular complexity index is 492. The Labute approximate surface area is 97.7 Å². The van der Waals surface area contributed by atoms with Crippen molar-refractivity contribution in [2.45, 2.75) is 19.0 Å². The number of alkyl halides is 1. The quantitative estimate of drug-likeness (QED) is 0.746. The van der Waals surface area contributed by atoms with Crippen LogP contribution in [0.3, 0.4) is 0 Å². The first-order valence-corrected chi connectivity index (χ1v) is 5.65. The zero-order valence-corrected chi connectivity index (χ0v) is 9.39. The largest absolute Gasteiger partial charge is 0.432 e. The van der Waals surface area contributed by atoms with Crippen molar-refractivity contribution in [3.63, 3.8) is 0 Å². The molecule has 16 heavy (non-hydrogen) atoms. The molecule has 0 unspecified atom stereocenters. The number of imidazole rings is 1. The Morgan fingerprint density at radius 3 is 3.19 bits per heavy atom. The molecule has 84 valence electrons. The van der Waals surface area contributed by atoms with Crippen LogP contribution in [0.4, 0.5) is 6.01 Å².